The molecule has 0 amide bonds. The van der Waals surface area contributed by atoms with Crippen molar-refractivity contribution in [3.05, 3.63) is 52.6 Å². The van der Waals surface area contributed by atoms with E-state index in [9.17, 15) is 21.6 Å². The van der Waals surface area contributed by atoms with Gasteiger partial charge in [0.2, 0.25) is 5.69 Å². The van der Waals surface area contributed by atoms with E-state index in [0.717, 1.165) is 28.8 Å². The smallest absolute Gasteiger partial charge is 0.276 e. The summed E-state index contributed by atoms with van der Waals surface area (Å²) >= 11 is 7.65. The summed E-state index contributed by atoms with van der Waals surface area (Å²) in [6.07, 6.45) is 2.60. The number of anilines is 1. The van der Waals surface area contributed by atoms with Crippen LogP contribution in [0.4, 0.5) is 18.9 Å². The Balaban J connectivity index is 1.86. The highest BCUT2D eigenvalue weighted by Crippen LogP contribution is 2.33. The average molecular weight is 477 g/mol. The number of aromatic nitrogens is 2. The van der Waals surface area contributed by atoms with Crippen LogP contribution in [0.1, 0.15) is 19.5 Å². The zero-order valence-corrected chi connectivity index (χ0v) is 18.3. The number of H-pyrrole nitrogens is 1. The number of hydrogen-bond donors (Lipinski definition) is 1. The summed E-state index contributed by atoms with van der Waals surface area (Å²) in [7, 11) is -5.51. The van der Waals surface area contributed by atoms with Gasteiger partial charge in [0.15, 0.2) is 0 Å². The second-order valence-electron chi connectivity index (χ2n) is 6.98. The van der Waals surface area contributed by atoms with Gasteiger partial charge in [0.1, 0.15) is 0 Å². The number of hydrogen-bond acceptors (Lipinski definition) is 4. The van der Waals surface area contributed by atoms with E-state index in [1.165, 1.54) is 28.2 Å². The van der Waals surface area contributed by atoms with Crippen LogP contribution in [-0.4, -0.2) is 18.9 Å². The second kappa shape index (κ2) is 8.52. The molecule has 1 aromatic carbocycles. The van der Waals surface area contributed by atoms with Crippen LogP contribution in [0.15, 0.2) is 41.9 Å². The number of sulfonamides is 1. The molecule has 5 nitrogen and oxygen atoms in total. The second-order valence-corrected chi connectivity index (χ2v) is 9.94. The molecule has 0 aliphatic rings. The van der Waals surface area contributed by atoms with Crippen molar-refractivity contribution in [2.24, 2.45) is 5.92 Å². The van der Waals surface area contributed by atoms with Crippen LogP contribution >= 0.6 is 22.9 Å². The topological polar surface area (TPSA) is 73.2 Å². The molecule has 0 unspecified atom stereocenters. The van der Waals surface area contributed by atoms with E-state index >= 15 is 0 Å². The van der Waals surface area contributed by atoms with Gasteiger partial charge < -0.3 is 0 Å². The van der Waals surface area contributed by atoms with Crippen molar-refractivity contribution in [2.75, 3.05) is 4.72 Å². The first-order chi connectivity index (χ1) is 14.0. The Kier molecular flexibility index (Phi) is 6.40. The maximum atomic E-state index is 12.5. The van der Waals surface area contributed by atoms with Gasteiger partial charge in [-0.15, -0.1) is 0 Å². The number of alkyl halides is 3. The number of nitrogens with one attached hydrogen (secondary N) is 2. The Bertz CT molecular complexity index is 1160. The lowest BCUT2D eigenvalue weighted by Gasteiger charge is -2.11. The van der Waals surface area contributed by atoms with Gasteiger partial charge in [-0.25, -0.2) is 0 Å². The van der Waals surface area contributed by atoms with Crippen molar-refractivity contribution < 1.29 is 26.6 Å². The molecule has 0 atom stereocenters. The van der Waals surface area contributed by atoms with E-state index in [4.69, 9.17) is 11.6 Å². The molecule has 0 saturated carbocycles. The lowest BCUT2D eigenvalue weighted by Crippen LogP contribution is -2.29. The first-order valence-electron chi connectivity index (χ1n) is 8.81. The number of benzene rings is 1. The van der Waals surface area contributed by atoms with E-state index in [2.05, 4.69) is 23.8 Å². The van der Waals surface area contributed by atoms with Crippen LogP contribution in [0, 0.1) is 5.92 Å². The van der Waals surface area contributed by atoms with Gasteiger partial charge in [0, 0.05) is 11.9 Å². The Morgan fingerprint density at radius 1 is 1.23 bits per heavy atom. The lowest BCUT2D eigenvalue weighted by atomic mass is 10.1. The van der Waals surface area contributed by atoms with Crippen molar-refractivity contribution in [2.45, 2.75) is 25.8 Å². The summed E-state index contributed by atoms with van der Waals surface area (Å²) in [6, 6.07) is 7.70. The highest BCUT2D eigenvalue weighted by Gasteiger charge is 2.46. The van der Waals surface area contributed by atoms with E-state index in [1.807, 2.05) is 17.5 Å². The summed E-state index contributed by atoms with van der Waals surface area (Å²) < 4.78 is 61.6. The van der Waals surface area contributed by atoms with Crippen LogP contribution in [0.2, 0.25) is 5.02 Å². The average Bonchev–Trinajstić information content (AvgIpc) is 3.10. The third-order valence-electron chi connectivity index (χ3n) is 4.06. The summed E-state index contributed by atoms with van der Waals surface area (Å²) in [4.78, 5) is 7.62. The van der Waals surface area contributed by atoms with Gasteiger partial charge in [0.05, 0.1) is 27.2 Å². The summed E-state index contributed by atoms with van der Waals surface area (Å²) in [5.41, 5.74) is -2.55. The monoisotopic (exact) mass is 476 g/mol. The van der Waals surface area contributed by atoms with Gasteiger partial charge in [-0.2, -0.15) is 26.6 Å². The van der Waals surface area contributed by atoms with Gasteiger partial charge >= 0.3 is 15.5 Å². The number of rotatable bonds is 6. The molecule has 0 aliphatic carbocycles. The molecule has 2 aromatic heterocycles. The van der Waals surface area contributed by atoms with Crippen LogP contribution in [0.25, 0.3) is 21.8 Å². The molecular formula is C19H18ClF3N3O2S2+. The molecule has 2 heterocycles. The molecular weight excluding hydrogens is 459 g/mol. The number of halogens is 4. The Hall–Kier alpha value is -2.17. The van der Waals surface area contributed by atoms with Crippen molar-refractivity contribution in [1.82, 2.24) is 4.98 Å². The minimum Gasteiger partial charge on any atom is -0.276 e. The number of thiazole rings is 1. The minimum atomic E-state index is -5.51. The van der Waals surface area contributed by atoms with E-state index in [-0.39, 0.29) is 10.7 Å². The molecule has 11 heteroatoms. The molecule has 0 spiro atoms. The number of nitrogens with zero attached hydrogens (tertiary/aromatic N) is 1. The Labute approximate surface area is 181 Å². The summed E-state index contributed by atoms with van der Waals surface area (Å²) in [5, 5.41) is 2.81. The predicted molar refractivity (Wildman–Crippen MR) is 112 cm³/mol. The first-order valence-corrected chi connectivity index (χ1v) is 11.6. The quantitative estimate of drug-likeness (QED) is 0.517. The molecule has 0 bridgehead atoms. The minimum absolute atomic E-state index is 0.105. The fourth-order valence-electron chi connectivity index (χ4n) is 2.73. The first kappa shape index (κ1) is 22.5. The number of aromatic amines is 1. The van der Waals surface area contributed by atoms with Crippen molar-refractivity contribution in [1.29, 1.82) is 0 Å². The molecule has 3 aromatic rings. The summed E-state index contributed by atoms with van der Waals surface area (Å²) in [5.74, 6) is 0.475. The van der Waals surface area contributed by atoms with Gasteiger partial charge in [-0.1, -0.05) is 36.8 Å². The van der Waals surface area contributed by atoms with Gasteiger partial charge in [0.25, 0.3) is 5.01 Å². The normalized spacial score (nSPS) is 12.4. The van der Waals surface area contributed by atoms with Gasteiger partial charge in [-0.05, 0) is 42.7 Å². The predicted octanol–water partition coefficient (Wildman–Crippen LogP) is 5.40. The highest BCUT2D eigenvalue weighted by molar-refractivity contribution is 7.93. The SMILES string of the molecule is CC(C)Cc1cc(-c2[nH+]c(-c3ccc(NS(=O)(=O)C(F)(F)F)cc3Cl)cs2)ccn1. The molecule has 30 heavy (non-hydrogen) atoms. The van der Waals surface area contributed by atoms with Crippen LogP contribution < -0.4 is 9.71 Å². The fraction of sp³-hybridized carbons (Fsp3) is 0.263. The van der Waals surface area contributed by atoms with Gasteiger partial charge in [-0.3, -0.25) is 9.71 Å². The lowest BCUT2D eigenvalue weighted by molar-refractivity contribution is -0.344. The Morgan fingerprint density at radius 3 is 2.60 bits per heavy atom. The standard InChI is InChI=1S/C19H17ClF3N3O2S2/c1-11(2)7-14-8-12(5-6-24-14)18-25-17(10-29-18)15-4-3-13(9-16(15)20)26-30(27,28)19(21,22)23/h3-6,8-11,26H,7H2,1-2H3/p+1. The number of pyridine rings is 1. The van der Waals surface area contributed by atoms with Crippen LogP contribution in [0.3, 0.4) is 0 Å². The summed E-state index contributed by atoms with van der Waals surface area (Å²) in [6.45, 7) is 4.23. The molecule has 160 valence electrons. The van der Waals surface area contributed by atoms with E-state index < -0.39 is 15.5 Å². The highest BCUT2D eigenvalue weighted by atomic mass is 35.5. The molecule has 0 saturated heterocycles. The van der Waals surface area contributed by atoms with Crippen LogP contribution in [-0.2, 0) is 16.4 Å². The zero-order valence-electron chi connectivity index (χ0n) is 15.9. The van der Waals surface area contributed by atoms with E-state index in [0.29, 0.717) is 17.2 Å². The third-order valence-corrected chi connectivity index (χ3v) is 6.41. The molecule has 2 N–H and O–H groups in total. The zero-order chi connectivity index (χ0) is 22.1. The maximum Gasteiger partial charge on any atom is 0.516 e. The molecule has 0 aliphatic heterocycles. The van der Waals surface area contributed by atoms with Crippen molar-refractivity contribution >= 4 is 38.6 Å². The van der Waals surface area contributed by atoms with Crippen molar-refractivity contribution in [3.63, 3.8) is 0 Å². The molecule has 0 radical (unpaired) electrons. The fourth-order valence-corrected chi connectivity index (χ4v) is 4.42. The molecule has 0 fully saturated rings. The van der Waals surface area contributed by atoms with Crippen molar-refractivity contribution in [3.8, 4) is 21.8 Å². The van der Waals surface area contributed by atoms with Crippen LogP contribution in [0.5, 0.6) is 0 Å². The largest absolute Gasteiger partial charge is 0.516 e. The third kappa shape index (κ3) is 5.11. The van der Waals surface area contributed by atoms with E-state index in [1.54, 1.807) is 6.20 Å². The molecule has 3 rings (SSSR count). The maximum absolute atomic E-state index is 12.5. The Morgan fingerprint density at radius 2 is 1.97 bits per heavy atom.